The Morgan fingerprint density at radius 3 is 2.46 bits per heavy atom. The SMILES string of the molecule is O=C(Cn1nc2ccccc2n1)N1CCC(O)(CN2CCCC2)C1. The first-order valence-electron chi connectivity index (χ1n) is 8.64. The van der Waals surface area contributed by atoms with Crippen LogP contribution in [0.3, 0.4) is 0 Å². The predicted molar refractivity (Wildman–Crippen MR) is 89.3 cm³/mol. The van der Waals surface area contributed by atoms with Crippen LogP contribution in [0.15, 0.2) is 24.3 Å². The number of carbonyl (C=O) groups is 1. The molecule has 2 saturated heterocycles. The fraction of sp³-hybridized carbons (Fsp3) is 0.588. The van der Waals surface area contributed by atoms with E-state index in [9.17, 15) is 9.90 Å². The lowest BCUT2D eigenvalue weighted by molar-refractivity contribution is -0.132. The van der Waals surface area contributed by atoms with Gasteiger partial charge >= 0.3 is 0 Å². The van der Waals surface area contributed by atoms with Crippen LogP contribution in [-0.2, 0) is 11.3 Å². The Morgan fingerprint density at radius 1 is 1.12 bits per heavy atom. The Balaban J connectivity index is 1.38. The van der Waals surface area contributed by atoms with Crippen molar-refractivity contribution in [2.75, 3.05) is 32.7 Å². The van der Waals surface area contributed by atoms with Gasteiger partial charge in [-0.2, -0.15) is 15.0 Å². The molecule has 7 nitrogen and oxygen atoms in total. The summed E-state index contributed by atoms with van der Waals surface area (Å²) in [5.41, 5.74) is 0.803. The molecule has 1 atom stereocenters. The van der Waals surface area contributed by atoms with Crippen molar-refractivity contribution in [1.29, 1.82) is 0 Å². The molecule has 2 aromatic rings. The Labute approximate surface area is 140 Å². The lowest BCUT2D eigenvalue weighted by atomic mass is 10.0. The van der Waals surface area contributed by atoms with Gasteiger partial charge in [-0.15, -0.1) is 0 Å². The van der Waals surface area contributed by atoms with Crippen LogP contribution in [0.1, 0.15) is 19.3 Å². The van der Waals surface area contributed by atoms with E-state index >= 15 is 0 Å². The first-order chi connectivity index (χ1) is 11.6. The molecule has 4 rings (SSSR count). The number of amides is 1. The molecule has 0 saturated carbocycles. The van der Waals surface area contributed by atoms with E-state index in [2.05, 4.69) is 15.1 Å². The minimum atomic E-state index is -0.776. The molecule has 0 spiro atoms. The van der Waals surface area contributed by atoms with Crippen molar-refractivity contribution < 1.29 is 9.90 Å². The fourth-order valence-electron chi connectivity index (χ4n) is 3.75. The quantitative estimate of drug-likeness (QED) is 0.884. The first kappa shape index (κ1) is 15.5. The molecule has 3 heterocycles. The highest BCUT2D eigenvalue weighted by molar-refractivity contribution is 5.77. The zero-order valence-corrected chi connectivity index (χ0v) is 13.8. The third kappa shape index (κ3) is 3.14. The van der Waals surface area contributed by atoms with E-state index in [0.29, 0.717) is 26.1 Å². The Morgan fingerprint density at radius 2 is 1.79 bits per heavy atom. The summed E-state index contributed by atoms with van der Waals surface area (Å²) in [4.78, 5) is 18.0. The first-order valence-corrected chi connectivity index (χ1v) is 8.64. The average Bonchev–Trinajstić information content (AvgIpc) is 3.27. The molecule has 1 N–H and O–H groups in total. The normalized spacial score (nSPS) is 25.0. The van der Waals surface area contributed by atoms with Gasteiger partial charge in [0.05, 0.1) is 12.1 Å². The van der Waals surface area contributed by atoms with Crippen molar-refractivity contribution >= 4 is 16.9 Å². The van der Waals surface area contributed by atoms with Crippen LogP contribution in [0.25, 0.3) is 11.0 Å². The third-order valence-corrected chi connectivity index (χ3v) is 5.01. The van der Waals surface area contributed by atoms with Crippen LogP contribution < -0.4 is 0 Å². The number of aromatic nitrogens is 3. The second-order valence-electron chi connectivity index (χ2n) is 6.99. The molecule has 1 unspecified atom stereocenters. The van der Waals surface area contributed by atoms with Crippen molar-refractivity contribution in [2.24, 2.45) is 0 Å². The van der Waals surface area contributed by atoms with Crippen LogP contribution >= 0.6 is 0 Å². The maximum Gasteiger partial charge on any atom is 0.246 e. The second-order valence-corrected chi connectivity index (χ2v) is 6.99. The molecule has 0 bridgehead atoms. The highest BCUT2D eigenvalue weighted by Gasteiger charge is 2.39. The number of nitrogens with zero attached hydrogens (tertiary/aromatic N) is 5. The summed E-state index contributed by atoms with van der Waals surface area (Å²) in [7, 11) is 0. The predicted octanol–water partition coefficient (Wildman–Crippen LogP) is 0.490. The van der Waals surface area contributed by atoms with E-state index in [4.69, 9.17) is 0 Å². The average molecular weight is 329 g/mol. The van der Waals surface area contributed by atoms with Crippen LogP contribution in [0, 0.1) is 0 Å². The molecule has 0 radical (unpaired) electrons. The van der Waals surface area contributed by atoms with E-state index in [-0.39, 0.29) is 12.5 Å². The molecule has 1 aromatic carbocycles. The molecule has 128 valence electrons. The number of aliphatic hydroxyl groups is 1. The zero-order valence-electron chi connectivity index (χ0n) is 13.8. The van der Waals surface area contributed by atoms with E-state index in [1.54, 1.807) is 4.90 Å². The summed E-state index contributed by atoms with van der Waals surface area (Å²) in [5, 5.41) is 19.4. The largest absolute Gasteiger partial charge is 0.387 e. The van der Waals surface area contributed by atoms with Gasteiger partial charge in [0, 0.05) is 13.1 Å². The van der Waals surface area contributed by atoms with Gasteiger partial charge in [-0.1, -0.05) is 12.1 Å². The second kappa shape index (κ2) is 6.14. The molecule has 0 aliphatic carbocycles. The monoisotopic (exact) mass is 329 g/mol. The molecule has 2 fully saturated rings. The summed E-state index contributed by atoms with van der Waals surface area (Å²) in [6.45, 7) is 3.91. The minimum absolute atomic E-state index is 0.0346. The van der Waals surface area contributed by atoms with E-state index < -0.39 is 5.60 Å². The molecular weight excluding hydrogens is 306 g/mol. The maximum atomic E-state index is 12.5. The van der Waals surface area contributed by atoms with Crippen molar-refractivity contribution in [1.82, 2.24) is 24.8 Å². The number of hydrogen-bond acceptors (Lipinski definition) is 5. The third-order valence-electron chi connectivity index (χ3n) is 5.01. The molecule has 24 heavy (non-hydrogen) atoms. The van der Waals surface area contributed by atoms with E-state index in [1.165, 1.54) is 17.6 Å². The van der Waals surface area contributed by atoms with Gasteiger partial charge in [0.15, 0.2) is 0 Å². The topological polar surface area (TPSA) is 74.5 Å². The van der Waals surface area contributed by atoms with Gasteiger partial charge < -0.3 is 14.9 Å². The highest BCUT2D eigenvalue weighted by atomic mass is 16.3. The van der Waals surface area contributed by atoms with Crippen molar-refractivity contribution in [3.63, 3.8) is 0 Å². The smallest absolute Gasteiger partial charge is 0.246 e. The summed E-state index contributed by atoms with van der Waals surface area (Å²) < 4.78 is 0. The van der Waals surface area contributed by atoms with Crippen LogP contribution in [0.2, 0.25) is 0 Å². The number of hydrogen-bond donors (Lipinski definition) is 1. The molecule has 1 amide bonds. The maximum absolute atomic E-state index is 12.5. The van der Waals surface area contributed by atoms with Gasteiger partial charge in [0.1, 0.15) is 17.6 Å². The van der Waals surface area contributed by atoms with E-state index in [1.807, 2.05) is 24.3 Å². The van der Waals surface area contributed by atoms with Gasteiger partial charge in [-0.3, -0.25) is 4.79 Å². The summed E-state index contributed by atoms with van der Waals surface area (Å²) in [6, 6.07) is 7.58. The number of likely N-dealkylation sites (tertiary alicyclic amines) is 2. The molecule has 2 aliphatic rings. The van der Waals surface area contributed by atoms with E-state index in [0.717, 1.165) is 24.1 Å². The van der Waals surface area contributed by atoms with Crippen molar-refractivity contribution in [3.05, 3.63) is 24.3 Å². The van der Waals surface area contributed by atoms with Gasteiger partial charge in [-0.05, 0) is 44.5 Å². The lowest BCUT2D eigenvalue weighted by Gasteiger charge is -2.28. The van der Waals surface area contributed by atoms with Crippen LogP contribution in [0.4, 0.5) is 0 Å². The Hall–Kier alpha value is -1.99. The molecule has 1 aromatic heterocycles. The molecule has 7 heteroatoms. The Kier molecular flexibility index (Phi) is 3.97. The summed E-state index contributed by atoms with van der Waals surface area (Å²) >= 11 is 0. The minimum Gasteiger partial charge on any atom is -0.387 e. The number of carbonyl (C=O) groups excluding carboxylic acids is 1. The summed E-state index contributed by atoms with van der Waals surface area (Å²) in [5.74, 6) is -0.0346. The Bertz CT molecular complexity index is 706. The van der Waals surface area contributed by atoms with Gasteiger partial charge in [-0.25, -0.2) is 0 Å². The number of fused-ring (bicyclic) bond motifs is 1. The van der Waals surface area contributed by atoms with Crippen molar-refractivity contribution in [2.45, 2.75) is 31.4 Å². The van der Waals surface area contributed by atoms with Crippen LogP contribution in [0.5, 0.6) is 0 Å². The fourth-order valence-corrected chi connectivity index (χ4v) is 3.75. The molecule has 2 aliphatic heterocycles. The number of benzene rings is 1. The lowest BCUT2D eigenvalue weighted by Crippen LogP contribution is -2.45. The number of rotatable bonds is 4. The van der Waals surface area contributed by atoms with Crippen LogP contribution in [-0.4, -0.2) is 74.1 Å². The summed E-state index contributed by atoms with van der Waals surface area (Å²) in [6.07, 6.45) is 3.05. The van der Waals surface area contributed by atoms with Gasteiger partial charge in [0.25, 0.3) is 0 Å². The standard InChI is InChI=1S/C17H23N5O2/c23-16(11-22-18-14-5-1-2-6-15(14)19-22)21-10-7-17(24,13-21)12-20-8-3-4-9-20/h1-2,5-6,24H,3-4,7-13H2. The van der Waals surface area contributed by atoms with Gasteiger partial charge in [0.2, 0.25) is 5.91 Å². The molecular formula is C17H23N5O2. The van der Waals surface area contributed by atoms with Crippen molar-refractivity contribution in [3.8, 4) is 0 Å². The number of β-amino-alcohol motifs (C(OH)–C–C–N with tert-alkyl or cyclic N) is 1. The highest BCUT2D eigenvalue weighted by Crippen LogP contribution is 2.24. The zero-order chi connectivity index (χ0) is 16.6.